The topological polar surface area (TPSA) is 88.2 Å². The van der Waals surface area contributed by atoms with E-state index < -0.39 is 11.9 Å². The van der Waals surface area contributed by atoms with Gasteiger partial charge < -0.3 is 5.32 Å². The first-order chi connectivity index (χ1) is 8.65. The maximum absolute atomic E-state index is 11.7. The zero-order valence-corrected chi connectivity index (χ0v) is 9.68. The maximum atomic E-state index is 11.7. The van der Waals surface area contributed by atoms with E-state index in [1.807, 2.05) is 0 Å². The number of nitrogens with zero attached hydrogens (tertiary/aromatic N) is 1. The van der Waals surface area contributed by atoms with Crippen LogP contribution in [0.3, 0.4) is 0 Å². The summed E-state index contributed by atoms with van der Waals surface area (Å²) in [7, 11) is 0. The third-order valence-electron chi connectivity index (χ3n) is 2.64. The number of amides is 3. The van der Waals surface area contributed by atoms with Gasteiger partial charge in [-0.1, -0.05) is 6.07 Å². The number of carbonyl (C=O) groups is 3. The molecular formula is C12H13N3O3. The van der Waals surface area contributed by atoms with Crippen molar-refractivity contribution in [3.63, 3.8) is 0 Å². The fourth-order valence-corrected chi connectivity index (χ4v) is 1.74. The molecular weight excluding hydrogens is 234 g/mol. The van der Waals surface area contributed by atoms with Crippen molar-refractivity contribution < 1.29 is 14.4 Å². The number of hydrogen-bond acceptors (Lipinski definition) is 4. The van der Waals surface area contributed by atoms with Crippen LogP contribution in [0.15, 0.2) is 24.4 Å². The highest BCUT2D eigenvalue weighted by Crippen LogP contribution is 2.04. The zero-order valence-electron chi connectivity index (χ0n) is 9.68. The lowest BCUT2D eigenvalue weighted by Gasteiger charge is -2.21. The minimum atomic E-state index is -0.626. The van der Waals surface area contributed by atoms with Crippen LogP contribution >= 0.6 is 0 Å². The molecule has 0 spiro atoms. The molecule has 1 aromatic heterocycles. The van der Waals surface area contributed by atoms with Crippen LogP contribution < -0.4 is 10.6 Å². The van der Waals surface area contributed by atoms with E-state index in [1.54, 1.807) is 24.4 Å². The molecule has 1 aliphatic heterocycles. The first-order valence-electron chi connectivity index (χ1n) is 5.68. The lowest BCUT2D eigenvalue weighted by atomic mass is 10.1. The number of piperidine rings is 1. The predicted octanol–water partition coefficient (Wildman–Crippen LogP) is -0.455. The molecule has 18 heavy (non-hydrogen) atoms. The van der Waals surface area contributed by atoms with Gasteiger partial charge in [0.05, 0.1) is 6.42 Å². The molecule has 0 bridgehead atoms. The fourth-order valence-electron chi connectivity index (χ4n) is 1.74. The van der Waals surface area contributed by atoms with E-state index in [4.69, 9.17) is 0 Å². The van der Waals surface area contributed by atoms with Gasteiger partial charge in [-0.15, -0.1) is 0 Å². The summed E-state index contributed by atoms with van der Waals surface area (Å²) in [4.78, 5) is 38.1. The summed E-state index contributed by atoms with van der Waals surface area (Å²) in [5, 5.41) is 4.78. The summed E-state index contributed by atoms with van der Waals surface area (Å²) < 4.78 is 0. The highest BCUT2D eigenvalue weighted by molar-refractivity contribution is 6.01. The number of hydrogen-bond donors (Lipinski definition) is 2. The van der Waals surface area contributed by atoms with Crippen LogP contribution in [-0.2, 0) is 20.8 Å². The number of imide groups is 1. The Morgan fingerprint density at radius 1 is 1.44 bits per heavy atom. The fraction of sp³-hybridized carbons (Fsp3) is 0.333. The van der Waals surface area contributed by atoms with Crippen LogP contribution in [0.25, 0.3) is 0 Å². The van der Waals surface area contributed by atoms with Gasteiger partial charge in [-0.3, -0.25) is 24.7 Å². The summed E-state index contributed by atoms with van der Waals surface area (Å²) in [5.74, 6) is -1.01. The molecule has 6 heteroatoms. The molecule has 0 saturated carbocycles. The Morgan fingerprint density at radius 3 is 2.94 bits per heavy atom. The zero-order chi connectivity index (χ0) is 13.0. The molecule has 0 aliphatic carbocycles. The van der Waals surface area contributed by atoms with Crippen molar-refractivity contribution >= 4 is 17.7 Å². The van der Waals surface area contributed by atoms with Gasteiger partial charge in [-0.25, -0.2) is 0 Å². The van der Waals surface area contributed by atoms with Crippen LogP contribution in [0.2, 0.25) is 0 Å². The van der Waals surface area contributed by atoms with Crippen molar-refractivity contribution in [1.29, 1.82) is 0 Å². The Morgan fingerprint density at radius 2 is 2.28 bits per heavy atom. The molecule has 1 fully saturated rings. The Bertz CT molecular complexity index is 473. The van der Waals surface area contributed by atoms with Gasteiger partial charge >= 0.3 is 0 Å². The monoisotopic (exact) mass is 247 g/mol. The van der Waals surface area contributed by atoms with Gasteiger partial charge in [0.2, 0.25) is 17.7 Å². The Kier molecular flexibility index (Phi) is 3.66. The average molecular weight is 247 g/mol. The lowest BCUT2D eigenvalue weighted by Crippen LogP contribution is -2.52. The van der Waals surface area contributed by atoms with E-state index in [1.165, 1.54) is 0 Å². The normalized spacial score (nSPS) is 19.2. The molecule has 0 radical (unpaired) electrons. The first kappa shape index (κ1) is 12.2. The van der Waals surface area contributed by atoms with E-state index >= 15 is 0 Å². The molecule has 1 unspecified atom stereocenters. The highest BCUT2D eigenvalue weighted by atomic mass is 16.2. The van der Waals surface area contributed by atoms with Crippen molar-refractivity contribution in [3.05, 3.63) is 30.1 Å². The molecule has 2 heterocycles. The maximum Gasteiger partial charge on any atom is 0.249 e. The summed E-state index contributed by atoms with van der Waals surface area (Å²) in [6.45, 7) is 0. The molecule has 0 aromatic carbocycles. The second-order valence-electron chi connectivity index (χ2n) is 4.07. The lowest BCUT2D eigenvalue weighted by molar-refractivity contribution is -0.137. The van der Waals surface area contributed by atoms with Crippen LogP contribution in [0.5, 0.6) is 0 Å². The predicted molar refractivity (Wildman–Crippen MR) is 62.3 cm³/mol. The van der Waals surface area contributed by atoms with E-state index in [-0.39, 0.29) is 24.7 Å². The van der Waals surface area contributed by atoms with Crippen LogP contribution in [-0.4, -0.2) is 28.7 Å². The standard InChI is InChI=1S/C12H13N3O3/c16-10-5-4-9(12(18)15-10)14-11(17)7-8-3-1-2-6-13-8/h1-3,6,9H,4-5,7H2,(H,14,17)(H,15,16,18). The molecule has 6 nitrogen and oxygen atoms in total. The number of rotatable bonds is 3. The van der Waals surface area contributed by atoms with Crippen LogP contribution in [0.1, 0.15) is 18.5 Å². The molecule has 2 rings (SSSR count). The van der Waals surface area contributed by atoms with Crippen molar-refractivity contribution in [2.24, 2.45) is 0 Å². The van der Waals surface area contributed by atoms with Gasteiger partial charge in [-0.2, -0.15) is 0 Å². The molecule has 2 N–H and O–H groups in total. The molecule has 94 valence electrons. The summed E-state index contributed by atoms with van der Waals surface area (Å²) >= 11 is 0. The van der Waals surface area contributed by atoms with E-state index in [2.05, 4.69) is 15.6 Å². The van der Waals surface area contributed by atoms with Gasteiger partial charge in [0.15, 0.2) is 0 Å². The smallest absolute Gasteiger partial charge is 0.249 e. The van der Waals surface area contributed by atoms with Gasteiger partial charge in [0, 0.05) is 18.3 Å². The second-order valence-corrected chi connectivity index (χ2v) is 4.07. The molecule has 1 aromatic rings. The number of pyridine rings is 1. The number of carbonyl (C=O) groups excluding carboxylic acids is 3. The number of aromatic nitrogens is 1. The Hall–Kier alpha value is -2.24. The molecule has 3 amide bonds. The van der Waals surface area contributed by atoms with Gasteiger partial charge in [-0.05, 0) is 18.6 Å². The Balaban J connectivity index is 1.88. The largest absolute Gasteiger partial charge is 0.344 e. The summed E-state index contributed by atoms with van der Waals surface area (Å²) in [6.07, 6.45) is 2.33. The second kappa shape index (κ2) is 5.39. The summed E-state index contributed by atoms with van der Waals surface area (Å²) in [6, 6.07) is 4.67. The average Bonchev–Trinajstić information content (AvgIpc) is 2.34. The Labute approximate surface area is 104 Å². The minimum absolute atomic E-state index is 0.124. The first-order valence-corrected chi connectivity index (χ1v) is 5.68. The van der Waals surface area contributed by atoms with E-state index in [0.717, 1.165) is 0 Å². The molecule has 1 aliphatic rings. The quantitative estimate of drug-likeness (QED) is 0.708. The third kappa shape index (κ3) is 3.13. The third-order valence-corrected chi connectivity index (χ3v) is 2.64. The SMILES string of the molecule is O=C1CCC(NC(=O)Cc2ccccn2)C(=O)N1. The van der Waals surface area contributed by atoms with Gasteiger partial charge in [0.25, 0.3) is 0 Å². The van der Waals surface area contributed by atoms with E-state index in [0.29, 0.717) is 12.1 Å². The summed E-state index contributed by atoms with van der Waals surface area (Å²) in [5.41, 5.74) is 0.641. The van der Waals surface area contributed by atoms with Crippen LogP contribution in [0.4, 0.5) is 0 Å². The van der Waals surface area contributed by atoms with Crippen molar-refractivity contribution in [3.8, 4) is 0 Å². The van der Waals surface area contributed by atoms with Crippen LogP contribution in [0, 0.1) is 0 Å². The van der Waals surface area contributed by atoms with Crippen molar-refractivity contribution in [2.45, 2.75) is 25.3 Å². The van der Waals surface area contributed by atoms with Gasteiger partial charge in [0.1, 0.15) is 6.04 Å². The minimum Gasteiger partial charge on any atom is -0.344 e. The molecule has 1 saturated heterocycles. The highest BCUT2D eigenvalue weighted by Gasteiger charge is 2.27. The van der Waals surface area contributed by atoms with Crippen molar-refractivity contribution in [2.75, 3.05) is 0 Å². The van der Waals surface area contributed by atoms with Crippen molar-refractivity contribution in [1.82, 2.24) is 15.6 Å². The number of nitrogens with one attached hydrogen (secondary N) is 2. The molecule has 1 atom stereocenters. The van der Waals surface area contributed by atoms with E-state index in [9.17, 15) is 14.4 Å².